The van der Waals surface area contributed by atoms with E-state index >= 15 is 0 Å². The van der Waals surface area contributed by atoms with Crippen molar-refractivity contribution in [3.8, 4) is 11.5 Å². The van der Waals surface area contributed by atoms with Gasteiger partial charge >= 0.3 is 0 Å². The minimum Gasteiger partial charge on any atom is -0.493 e. The Morgan fingerprint density at radius 3 is 2.46 bits per heavy atom. The first-order valence-electron chi connectivity index (χ1n) is 10.3. The smallest absolute Gasteiger partial charge is 0.161 e. The molecule has 1 aromatic rings. The van der Waals surface area contributed by atoms with E-state index in [2.05, 4.69) is 35.0 Å². The number of likely N-dealkylation sites (N-methyl/N-ethyl adjacent to an activating group) is 1. The van der Waals surface area contributed by atoms with Gasteiger partial charge in [0.25, 0.3) is 0 Å². The SMILES string of the molecule is COc1ccc([C@@]23CC[C@@H](N4CCCCC4)C[C@@H]2N(C)CC3)cc1OC. The fraction of sp³-hybridized carbons (Fsp3) is 0.727. The molecule has 1 saturated carbocycles. The lowest BCUT2D eigenvalue weighted by Gasteiger charge is -2.48. The minimum absolute atomic E-state index is 0.278. The van der Waals surface area contributed by atoms with E-state index in [0.29, 0.717) is 6.04 Å². The second kappa shape index (κ2) is 7.40. The summed E-state index contributed by atoms with van der Waals surface area (Å²) in [7, 11) is 5.78. The normalized spacial score (nSPS) is 33.0. The van der Waals surface area contributed by atoms with Gasteiger partial charge in [0.15, 0.2) is 11.5 Å². The number of hydrogen-bond donors (Lipinski definition) is 0. The second-order valence-electron chi connectivity index (χ2n) is 8.50. The number of nitrogens with zero attached hydrogens (tertiary/aromatic N) is 2. The predicted molar refractivity (Wildman–Crippen MR) is 105 cm³/mol. The minimum atomic E-state index is 0.278. The van der Waals surface area contributed by atoms with Crippen molar-refractivity contribution in [3.63, 3.8) is 0 Å². The largest absolute Gasteiger partial charge is 0.493 e. The number of hydrogen-bond acceptors (Lipinski definition) is 4. The summed E-state index contributed by atoms with van der Waals surface area (Å²) < 4.78 is 11.1. The maximum absolute atomic E-state index is 5.61. The first kappa shape index (κ1) is 18.1. The monoisotopic (exact) mass is 358 g/mol. The molecular weight excluding hydrogens is 324 g/mol. The molecule has 2 heterocycles. The molecule has 3 atom stereocenters. The molecule has 0 spiro atoms. The van der Waals surface area contributed by atoms with Gasteiger partial charge < -0.3 is 19.3 Å². The van der Waals surface area contributed by atoms with E-state index in [1.807, 2.05) is 0 Å². The van der Waals surface area contributed by atoms with Crippen LogP contribution in [0.3, 0.4) is 0 Å². The van der Waals surface area contributed by atoms with Crippen molar-refractivity contribution < 1.29 is 9.47 Å². The molecule has 26 heavy (non-hydrogen) atoms. The molecule has 0 aromatic heterocycles. The van der Waals surface area contributed by atoms with Gasteiger partial charge in [-0.2, -0.15) is 0 Å². The Balaban J connectivity index is 1.61. The lowest BCUT2D eigenvalue weighted by Crippen LogP contribution is -2.52. The summed E-state index contributed by atoms with van der Waals surface area (Å²) in [4.78, 5) is 5.40. The van der Waals surface area contributed by atoms with Gasteiger partial charge in [-0.05, 0) is 82.9 Å². The lowest BCUT2D eigenvalue weighted by molar-refractivity contribution is 0.0696. The van der Waals surface area contributed by atoms with Gasteiger partial charge in [0, 0.05) is 17.5 Å². The van der Waals surface area contributed by atoms with E-state index in [1.165, 1.54) is 70.1 Å². The average molecular weight is 359 g/mol. The third-order valence-electron chi connectivity index (χ3n) is 7.37. The molecule has 0 unspecified atom stereocenters. The zero-order chi connectivity index (χ0) is 18.1. The van der Waals surface area contributed by atoms with E-state index < -0.39 is 0 Å². The fourth-order valence-electron chi connectivity index (χ4n) is 5.86. The van der Waals surface area contributed by atoms with Crippen LogP contribution in [0.2, 0.25) is 0 Å². The molecule has 144 valence electrons. The summed E-state index contributed by atoms with van der Waals surface area (Å²) in [5.74, 6) is 1.70. The Kier molecular flexibility index (Phi) is 5.15. The number of benzene rings is 1. The molecule has 4 nitrogen and oxygen atoms in total. The van der Waals surface area contributed by atoms with Gasteiger partial charge in [-0.15, -0.1) is 0 Å². The van der Waals surface area contributed by atoms with Crippen LogP contribution in [-0.4, -0.2) is 62.8 Å². The number of methoxy groups -OCH3 is 2. The number of ether oxygens (including phenoxy) is 2. The molecule has 4 heteroatoms. The van der Waals surface area contributed by atoms with Crippen LogP contribution in [0, 0.1) is 0 Å². The fourth-order valence-corrected chi connectivity index (χ4v) is 5.86. The summed E-state index contributed by atoms with van der Waals surface area (Å²) in [6, 6.07) is 8.03. The molecule has 3 aliphatic rings. The van der Waals surface area contributed by atoms with Crippen LogP contribution in [0.1, 0.15) is 50.5 Å². The molecule has 4 rings (SSSR count). The van der Waals surface area contributed by atoms with Gasteiger partial charge in [-0.1, -0.05) is 12.5 Å². The molecule has 0 radical (unpaired) electrons. The summed E-state index contributed by atoms with van der Waals surface area (Å²) in [5, 5.41) is 0. The highest BCUT2D eigenvalue weighted by Crippen LogP contribution is 2.50. The van der Waals surface area contributed by atoms with Gasteiger partial charge in [0.05, 0.1) is 14.2 Å². The first-order valence-corrected chi connectivity index (χ1v) is 10.3. The van der Waals surface area contributed by atoms with Crippen LogP contribution in [0.4, 0.5) is 0 Å². The lowest BCUT2D eigenvalue weighted by atomic mass is 9.64. The second-order valence-corrected chi connectivity index (χ2v) is 8.50. The molecule has 0 amide bonds. The van der Waals surface area contributed by atoms with E-state index in [0.717, 1.165) is 17.5 Å². The molecule has 2 saturated heterocycles. The molecule has 0 bridgehead atoms. The van der Waals surface area contributed by atoms with Crippen molar-refractivity contribution in [2.75, 3.05) is 40.9 Å². The van der Waals surface area contributed by atoms with E-state index in [-0.39, 0.29) is 5.41 Å². The highest BCUT2D eigenvalue weighted by Gasteiger charge is 2.51. The van der Waals surface area contributed by atoms with Crippen LogP contribution in [0.15, 0.2) is 18.2 Å². The third-order valence-corrected chi connectivity index (χ3v) is 7.37. The third kappa shape index (κ3) is 3.01. The van der Waals surface area contributed by atoms with Crippen molar-refractivity contribution in [1.29, 1.82) is 0 Å². The van der Waals surface area contributed by atoms with Crippen LogP contribution in [0.5, 0.6) is 11.5 Å². The highest BCUT2D eigenvalue weighted by atomic mass is 16.5. The molecule has 1 aromatic carbocycles. The Labute approximate surface area is 158 Å². The van der Waals surface area contributed by atoms with Crippen molar-refractivity contribution in [2.45, 2.75) is 62.4 Å². The van der Waals surface area contributed by atoms with Crippen molar-refractivity contribution in [1.82, 2.24) is 9.80 Å². The van der Waals surface area contributed by atoms with Crippen molar-refractivity contribution in [2.24, 2.45) is 0 Å². The highest BCUT2D eigenvalue weighted by molar-refractivity contribution is 5.46. The standard InChI is InChI=1S/C22H34N2O2/c1-23-14-11-22(17-7-8-19(25-2)20(15-17)26-3)10-9-18(16-21(22)23)24-12-5-4-6-13-24/h7-8,15,18,21H,4-6,9-14,16H2,1-3H3/t18-,21+,22+/m1/s1. The summed E-state index contributed by atoms with van der Waals surface area (Å²) in [6.45, 7) is 3.82. The predicted octanol–water partition coefficient (Wildman–Crippen LogP) is 3.68. The average Bonchev–Trinajstić information content (AvgIpc) is 3.05. The zero-order valence-corrected chi connectivity index (χ0v) is 16.7. The molecule has 2 aliphatic heterocycles. The number of likely N-dealkylation sites (tertiary alicyclic amines) is 2. The molecule has 3 fully saturated rings. The Hall–Kier alpha value is -1.26. The molecule has 1 aliphatic carbocycles. The Bertz CT molecular complexity index is 629. The van der Waals surface area contributed by atoms with Crippen LogP contribution < -0.4 is 9.47 Å². The van der Waals surface area contributed by atoms with Crippen LogP contribution in [0.25, 0.3) is 0 Å². The van der Waals surface area contributed by atoms with Crippen LogP contribution in [-0.2, 0) is 5.41 Å². The topological polar surface area (TPSA) is 24.9 Å². The van der Waals surface area contributed by atoms with Gasteiger partial charge in [0.2, 0.25) is 0 Å². The van der Waals surface area contributed by atoms with Gasteiger partial charge in [-0.25, -0.2) is 0 Å². The quantitative estimate of drug-likeness (QED) is 0.820. The Morgan fingerprint density at radius 1 is 0.962 bits per heavy atom. The van der Waals surface area contributed by atoms with E-state index in [4.69, 9.17) is 9.47 Å². The summed E-state index contributed by atoms with van der Waals surface area (Å²) >= 11 is 0. The maximum Gasteiger partial charge on any atom is 0.161 e. The first-order chi connectivity index (χ1) is 12.7. The number of piperidine rings is 1. The van der Waals surface area contributed by atoms with E-state index in [9.17, 15) is 0 Å². The van der Waals surface area contributed by atoms with Crippen molar-refractivity contribution >= 4 is 0 Å². The Morgan fingerprint density at radius 2 is 1.73 bits per heavy atom. The molecular formula is C22H34N2O2. The van der Waals surface area contributed by atoms with E-state index in [1.54, 1.807) is 14.2 Å². The number of rotatable bonds is 4. The molecule has 0 N–H and O–H groups in total. The van der Waals surface area contributed by atoms with Gasteiger partial charge in [0.1, 0.15) is 0 Å². The summed E-state index contributed by atoms with van der Waals surface area (Å²) in [6.07, 6.45) is 9.39. The van der Waals surface area contributed by atoms with Crippen LogP contribution >= 0.6 is 0 Å². The van der Waals surface area contributed by atoms with Gasteiger partial charge in [-0.3, -0.25) is 0 Å². The zero-order valence-electron chi connectivity index (χ0n) is 16.7. The number of fused-ring (bicyclic) bond motifs is 1. The maximum atomic E-state index is 5.61. The summed E-state index contributed by atoms with van der Waals surface area (Å²) in [5.41, 5.74) is 1.72. The van der Waals surface area contributed by atoms with Crippen molar-refractivity contribution in [3.05, 3.63) is 23.8 Å².